The molecule has 0 bridgehead atoms. The first kappa shape index (κ1) is 12.9. The van der Waals surface area contributed by atoms with E-state index >= 15 is 0 Å². The fourth-order valence-electron chi connectivity index (χ4n) is 4.07. The number of hydrogen-bond acceptors (Lipinski definition) is 3. The van der Waals surface area contributed by atoms with Crippen molar-refractivity contribution in [3.63, 3.8) is 0 Å². The van der Waals surface area contributed by atoms with Crippen LogP contribution in [0.3, 0.4) is 0 Å². The van der Waals surface area contributed by atoms with Gasteiger partial charge in [0.05, 0.1) is 12.2 Å². The summed E-state index contributed by atoms with van der Waals surface area (Å²) >= 11 is 0. The zero-order valence-corrected chi connectivity index (χ0v) is 11.8. The molecule has 3 aliphatic rings. The highest BCUT2D eigenvalue weighted by Gasteiger charge is 2.37. The predicted molar refractivity (Wildman–Crippen MR) is 73.8 cm³/mol. The van der Waals surface area contributed by atoms with E-state index in [2.05, 4.69) is 17.1 Å². The number of piperazine rings is 1. The van der Waals surface area contributed by atoms with Crippen LogP contribution in [0.4, 0.5) is 0 Å². The van der Waals surface area contributed by atoms with Crippen LogP contribution < -0.4 is 5.32 Å². The molecule has 1 saturated carbocycles. The second kappa shape index (κ2) is 5.48. The highest BCUT2D eigenvalue weighted by atomic mass is 16.5. The Labute approximate surface area is 111 Å². The topological polar surface area (TPSA) is 24.5 Å². The predicted octanol–water partition coefficient (Wildman–Crippen LogP) is 2.16. The molecule has 1 spiro atoms. The Bertz CT molecular complexity index is 270. The Morgan fingerprint density at radius 2 is 2.06 bits per heavy atom. The van der Waals surface area contributed by atoms with E-state index in [1.165, 1.54) is 64.6 Å². The fraction of sp³-hybridized carbons (Fsp3) is 1.00. The number of nitrogens with one attached hydrogen (secondary N) is 1. The molecular formula is C15H28N2O. The molecule has 0 aromatic rings. The van der Waals surface area contributed by atoms with E-state index in [1.807, 2.05) is 0 Å². The molecule has 104 valence electrons. The Balaban J connectivity index is 1.53. The van der Waals surface area contributed by atoms with Crippen molar-refractivity contribution in [3.8, 4) is 0 Å². The maximum Gasteiger partial charge on any atom is 0.0706 e. The average Bonchev–Trinajstić information content (AvgIpc) is 2.76. The number of rotatable bonds is 2. The van der Waals surface area contributed by atoms with Crippen LogP contribution >= 0.6 is 0 Å². The van der Waals surface area contributed by atoms with E-state index < -0.39 is 0 Å². The van der Waals surface area contributed by atoms with Crippen molar-refractivity contribution in [2.75, 3.05) is 26.2 Å². The molecule has 0 amide bonds. The summed E-state index contributed by atoms with van der Waals surface area (Å²) in [5.74, 6) is 0. The molecule has 1 N–H and O–H groups in total. The van der Waals surface area contributed by atoms with E-state index in [1.54, 1.807) is 0 Å². The zero-order chi connectivity index (χ0) is 12.4. The van der Waals surface area contributed by atoms with Crippen molar-refractivity contribution >= 4 is 0 Å². The van der Waals surface area contributed by atoms with Crippen LogP contribution in [-0.2, 0) is 4.74 Å². The first-order chi connectivity index (χ1) is 8.76. The Hall–Kier alpha value is -0.120. The lowest BCUT2D eigenvalue weighted by atomic mass is 9.80. The molecular weight excluding hydrogens is 224 g/mol. The van der Waals surface area contributed by atoms with Crippen LogP contribution in [0.2, 0.25) is 0 Å². The number of nitrogens with zero attached hydrogens (tertiary/aromatic N) is 1. The third-order valence-corrected chi connectivity index (χ3v) is 5.05. The van der Waals surface area contributed by atoms with Crippen LogP contribution in [0.15, 0.2) is 0 Å². The molecule has 2 saturated heterocycles. The number of ether oxygens (including phenoxy) is 1. The van der Waals surface area contributed by atoms with Gasteiger partial charge < -0.3 is 10.1 Å². The quantitative estimate of drug-likeness (QED) is 0.815. The maximum atomic E-state index is 5.98. The molecule has 2 heterocycles. The lowest BCUT2D eigenvalue weighted by Crippen LogP contribution is -2.61. The van der Waals surface area contributed by atoms with Gasteiger partial charge in [-0.05, 0) is 32.6 Å². The van der Waals surface area contributed by atoms with Crippen LogP contribution in [0.1, 0.15) is 51.9 Å². The number of hydrogen-bond donors (Lipinski definition) is 1. The zero-order valence-electron chi connectivity index (χ0n) is 11.8. The maximum absolute atomic E-state index is 5.98. The fourth-order valence-corrected chi connectivity index (χ4v) is 4.07. The summed E-state index contributed by atoms with van der Waals surface area (Å²) in [6.07, 6.45) is 10.5. The van der Waals surface area contributed by atoms with Crippen molar-refractivity contribution in [1.82, 2.24) is 10.2 Å². The van der Waals surface area contributed by atoms with Crippen LogP contribution in [-0.4, -0.2) is 48.8 Å². The summed E-state index contributed by atoms with van der Waals surface area (Å²) in [7, 11) is 0. The van der Waals surface area contributed by atoms with Gasteiger partial charge in [0.2, 0.25) is 0 Å². The molecule has 2 unspecified atom stereocenters. The minimum absolute atomic E-state index is 0.445. The third kappa shape index (κ3) is 2.89. The highest BCUT2D eigenvalue weighted by molar-refractivity contribution is 4.97. The minimum Gasteiger partial charge on any atom is -0.374 e. The molecule has 0 aromatic heterocycles. The molecule has 3 rings (SSSR count). The third-order valence-electron chi connectivity index (χ3n) is 5.05. The molecule has 18 heavy (non-hydrogen) atoms. The molecule has 0 radical (unpaired) electrons. The van der Waals surface area contributed by atoms with Crippen molar-refractivity contribution in [2.45, 2.75) is 69.6 Å². The first-order valence-electron chi connectivity index (χ1n) is 7.89. The van der Waals surface area contributed by atoms with Gasteiger partial charge in [0.15, 0.2) is 0 Å². The summed E-state index contributed by atoms with van der Waals surface area (Å²) in [6.45, 7) is 6.99. The smallest absolute Gasteiger partial charge is 0.0706 e. The summed E-state index contributed by atoms with van der Waals surface area (Å²) in [5, 5.41) is 3.82. The molecule has 3 nitrogen and oxygen atoms in total. The van der Waals surface area contributed by atoms with Gasteiger partial charge in [-0.25, -0.2) is 0 Å². The second-order valence-corrected chi connectivity index (χ2v) is 6.65. The van der Waals surface area contributed by atoms with Gasteiger partial charge in [-0.15, -0.1) is 0 Å². The largest absolute Gasteiger partial charge is 0.374 e. The van der Waals surface area contributed by atoms with Crippen LogP contribution in [0, 0.1) is 0 Å². The summed E-state index contributed by atoms with van der Waals surface area (Å²) in [6, 6.07) is 0. The van der Waals surface area contributed by atoms with Crippen molar-refractivity contribution in [2.24, 2.45) is 0 Å². The van der Waals surface area contributed by atoms with Crippen molar-refractivity contribution in [1.29, 1.82) is 0 Å². The van der Waals surface area contributed by atoms with E-state index in [0.29, 0.717) is 17.7 Å². The van der Waals surface area contributed by atoms with E-state index in [9.17, 15) is 0 Å². The summed E-state index contributed by atoms with van der Waals surface area (Å²) in [4.78, 5) is 2.66. The SMILES string of the molecule is CC1CCC(CN2CCNC3(CCCCC3)C2)O1. The van der Waals surface area contributed by atoms with Gasteiger partial charge in [-0.1, -0.05) is 19.3 Å². The van der Waals surface area contributed by atoms with Crippen molar-refractivity contribution < 1.29 is 4.74 Å². The van der Waals surface area contributed by atoms with Gasteiger partial charge in [0, 0.05) is 31.7 Å². The van der Waals surface area contributed by atoms with Gasteiger partial charge in [-0.2, -0.15) is 0 Å². The molecule has 3 heteroatoms. The normalized spacial score (nSPS) is 37.2. The van der Waals surface area contributed by atoms with E-state index in [4.69, 9.17) is 4.74 Å². The lowest BCUT2D eigenvalue weighted by molar-refractivity contribution is 0.0119. The first-order valence-corrected chi connectivity index (χ1v) is 7.89. The lowest BCUT2D eigenvalue weighted by Gasteiger charge is -2.46. The van der Waals surface area contributed by atoms with E-state index in [0.717, 1.165) is 6.54 Å². The second-order valence-electron chi connectivity index (χ2n) is 6.65. The molecule has 2 atom stereocenters. The van der Waals surface area contributed by atoms with Gasteiger partial charge in [0.25, 0.3) is 0 Å². The van der Waals surface area contributed by atoms with Gasteiger partial charge in [0.1, 0.15) is 0 Å². The Kier molecular flexibility index (Phi) is 3.92. The Morgan fingerprint density at radius 1 is 1.22 bits per heavy atom. The monoisotopic (exact) mass is 252 g/mol. The molecule has 1 aliphatic carbocycles. The minimum atomic E-state index is 0.445. The summed E-state index contributed by atoms with van der Waals surface area (Å²) in [5.41, 5.74) is 0.445. The van der Waals surface area contributed by atoms with Crippen LogP contribution in [0.25, 0.3) is 0 Å². The van der Waals surface area contributed by atoms with Gasteiger partial charge >= 0.3 is 0 Å². The van der Waals surface area contributed by atoms with Crippen molar-refractivity contribution in [3.05, 3.63) is 0 Å². The Morgan fingerprint density at radius 3 is 2.78 bits per heavy atom. The molecule has 2 aliphatic heterocycles. The highest BCUT2D eigenvalue weighted by Crippen LogP contribution is 2.31. The van der Waals surface area contributed by atoms with Gasteiger partial charge in [-0.3, -0.25) is 4.90 Å². The van der Waals surface area contributed by atoms with Crippen LogP contribution in [0.5, 0.6) is 0 Å². The van der Waals surface area contributed by atoms with E-state index in [-0.39, 0.29) is 0 Å². The summed E-state index contributed by atoms with van der Waals surface area (Å²) < 4.78 is 5.98. The average molecular weight is 252 g/mol. The standard InChI is InChI=1S/C15H28N2O/c1-13-5-6-14(18-13)11-17-10-9-16-15(12-17)7-3-2-4-8-15/h13-14,16H,2-12H2,1H3. The molecule has 3 fully saturated rings. The molecule has 0 aromatic carbocycles.